The minimum Gasteiger partial charge on any atom is -0.268 e. The normalized spacial score (nSPS) is 13.0. The molecule has 0 aliphatic heterocycles. The van der Waals surface area contributed by atoms with Gasteiger partial charge in [0.2, 0.25) is 0 Å². The lowest BCUT2D eigenvalue weighted by molar-refractivity contribution is 0.515. The van der Waals surface area contributed by atoms with Crippen molar-refractivity contribution in [2.75, 3.05) is 0 Å². The molecule has 0 saturated heterocycles. The predicted molar refractivity (Wildman–Crippen MR) is 82.5 cm³/mol. The number of nitrogens with zero attached hydrogens (tertiary/aromatic N) is 2. The van der Waals surface area contributed by atoms with E-state index in [9.17, 15) is 0 Å². The minimum atomic E-state index is 0.627. The van der Waals surface area contributed by atoms with E-state index in [-0.39, 0.29) is 0 Å². The molecule has 2 rings (SSSR count). The number of rotatable bonds is 7. The second kappa shape index (κ2) is 6.74. The number of fused-ring (bicyclic) bond motifs is 1. The van der Waals surface area contributed by atoms with E-state index in [1.54, 1.807) is 0 Å². The molecule has 0 N–H and O–H groups in total. The molecule has 19 heavy (non-hydrogen) atoms. The minimum absolute atomic E-state index is 0.627. The molecular formula is C17H26N2. The van der Waals surface area contributed by atoms with Crippen molar-refractivity contribution >= 4 is 10.9 Å². The molecule has 0 aliphatic carbocycles. The highest BCUT2D eigenvalue weighted by Gasteiger charge is 2.17. The first-order chi connectivity index (χ1) is 9.27. The SMILES string of the molecule is CCCCCC(CCC)c1nn(C)c2ccccc12. The monoisotopic (exact) mass is 258 g/mol. The number of benzene rings is 1. The fourth-order valence-electron chi connectivity index (χ4n) is 2.95. The van der Waals surface area contributed by atoms with Gasteiger partial charge in [0.25, 0.3) is 0 Å². The van der Waals surface area contributed by atoms with Crippen molar-refractivity contribution in [3.05, 3.63) is 30.0 Å². The van der Waals surface area contributed by atoms with Gasteiger partial charge in [0.05, 0.1) is 11.2 Å². The van der Waals surface area contributed by atoms with Crippen molar-refractivity contribution in [3.8, 4) is 0 Å². The van der Waals surface area contributed by atoms with Crippen molar-refractivity contribution < 1.29 is 0 Å². The molecular weight excluding hydrogens is 232 g/mol. The second-order valence-corrected chi connectivity index (χ2v) is 5.51. The van der Waals surface area contributed by atoms with Gasteiger partial charge in [-0.05, 0) is 18.9 Å². The Morgan fingerprint density at radius 3 is 2.58 bits per heavy atom. The lowest BCUT2D eigenvalue weighted by Crippen LogP contribution is -2.01. The van der Waals surface area contributed by atoms with Gasteiger partial charge in [-0.3, -0.25) is 4.68 Å². The average Bonchev–Trinajstić information content (AvgIpc) is 2.76. The van der Waals surface area contributed by atoms with E-state index in [0.717, 1.165) is 0 Å². The summed E-state index contributed by atoms with van der Waals surface area (Å²) >= 11 is 0. The van der Waals surface area contributed by atoms with Crippen molar-refractivity contribution in [3.63, 3.8) is 0 Å². The Hall–Kier alpha value is -1.31. The van der Waals surface area contributed by atoms with Gasteiger partial charge in [0.1, 0.15) is 0 Å². The summed E-state index contributed by atoms with van der Waals surface area (Å²) in [5.74, 6) is 0.627. The van der Waals surface area contributed by atoms with Crippen LogP contribution in [-0.2, 0) is 7.05 Å². The highest BCUT2D eigenvalue weighted by atomic mass is 15.3. The zero-order chi connectivity index (χ0) is 13.7. The van der Waals surface area contributed by atoms with Crippen LogP contribution in [-0.4, -0.2) is 9.78 Å². The molecule has 2 heteroatoms. The fraction of sp³-hybridized carbons (Fsp3) is 0.588. The smallest absolute Gasteiger partial charge is 0.0734 e. The third-order valence-electron chi connectivity index (χ3n) is 3.97. The summed E-state index contributed by atoms with van der Waals surface area (Å²) in [4.78, 5) is 0. The fourth-order valence-corrected chi connectivity index (χ4v) is 2.95. The zero-order valence-corrected chi connectivity index (χ0v) is 12.5. The number of hydrogen-bond donors (Lipinski definition) is 0. The van der Waals surface area contributed by atoms with Crippen LogP contribution >= 0.6 is 0 Å². The number of unbranched alkanes of at least 4 members (excludes halogenated alkanes) is 2. The maximum absolute atomic E-state index is 4.80. The molecule has 1 aromatic heterocycles. The number of aromatic nitrogens is 2. The van der Waals surface area contributed by atoms with E-state index in [2.05, 4.69) is 45.2 Å². The molecule has 2 aromatic rings. The Kier molecular flexibility index (Phi) is 5.00. The predicted octanol–water partition coefficient (Wildman–Crippen LogP) is 5.04. The van der Waals surface area contributed by atoms with Gasteiger partial charge >= 0.3 is 0 Å². The highest BCUT2D eigenvalue weighted by molar-refractivity contribution is 5.82. The standard InChI is InChI=1S/C17H26N2/c1-4-6-7-11-14(10-5-2)17-15-12-8-9-13-16(15)19(3)18-17/h8-9,12-14H,4-7,10-11H2,1-3H3. The molecule has 0 aliphatic rings. The number of hydrogen-bond acceptors (Lipinski definition) is 1. The van der Waals surface area contributed by atoms with E-state index < -0.39 is 0 Å². The van der Waals surface area contributed by atoms with E-state index in [1.165, 1.54) is 55.1 Å². The van der Waals surface area contributed by atoms with E-state index in [1.807, 2.05) is 4.68 Å². The molecule has 2 nitrogen and oxygen atoms in total. The number of aryl methyl sites for hydroxylation is 1. The van der Waals surface area contributed by atoms with Gasteiger partial charge in [0, 0.05) is 18.4 Å². The van der Waals surface area contributed by atoms with Crippen molar-refractivity contribution in [2.45, 2.75) is 58.3 Å². The van der Waals surface area contributed by atoms with Crippen molar-refractivity contribution in [1.29, 1.82) is 0 Å². The van der Waals surface area contributed by atoms with Crippen LogP contribution in [0.25, 0.3) is 10.9 Å². The number of para-hydroxylation sites is 1. The van der Waals surface area contributed by atoms with Crippen molar-refractivity contribution in [2.24, 2.45) is 7.05 Å². The maximum atomic E-state index is 4.80. The topological polar surface area (TPSA) is 17.8 Å². The van der Waals surface area contributed by atoms with Crippen LogP contribution in [0.2, 0.25) is 0 Å². The lowest BCUT2D eigenvalue weighted by atomic mass is 9.91. The molecule has 1 unspecified atom stereocenters. The van der Waals surface area contributed by atoms with Crippen LogP contribution in [0.5, 0.6) is 0 Å². The Balaban J connectivity index is 2.27. The van der Waals surface area contributed by atoms with E-state index >= 15 is 0 Å². The molecule has 104 valence electrons. The van der Waals surface area contributed by atoms with Gasteiger partial charge in [-0.25, -0.2) is 0 Å². The first-order valence-corrected chi connectivity index (χ1v) is 7.69. The maximum Gasteiger partial charge on any atom is 0.0734 e. The molecule has 1 heterocycles. The second-order valence-electron chi connectivity index (χ2n) is 5.51. The lowest BCUT2D eigenvalue weighted by Gasteiger charge is -2.14. The van der Waals surface area contributed by atoms with Gasteiger partial charge < -0.3 is 0 Å². The van der Waals surface area contributed by atoms with Crippen LogP contribution in [0.4, 0.5) is 0 Å². The summed E-state index contributed by atoms with van der Waals surface area (Å²) in [6, 6.07) is 8.61. The van der Waals surface area contributed by atoms with Crippen LogP contribution < -0.4 is 0 Å². The van der Waals surface area contributed by atoms with Crippen molar-refractivity contribution in [1.82, 2.24) is 9.78 Å². The van der Waals surface area contributed by atoms with Gasteiger partial charge in [-0.15, -0.1) is 0 Å². The molecule has 0 radical (unpaired) electrons. The quantitative estimate of drug-likeness (QED) is 0.636. The molecule has 0 amide bonds. The average molecular weight is 258 g/mol. The van der Waals surface area contributed by atoms with Gasteiger partial charge in [0.15, 0.2) is 0 Å². The molecule has 0 fully saturated rings. The van der Waals surface area contributed by atoms with E-state index in [0.29, 0.717) is 5.92 Å². The summed E-state index contributed by atoms with van der Waals surface area (Å²) in [5, 5.41) is 6.15. The molecule has 1 atom stereocenters. The summed E-state index contributed by atoms with van der Waals surface area (Å²) in [7, 11) is 2.06. The Morgan fingerprint density at radius 1 is 1.05 bits per heavy atom. The molecule has 0 saturated carbocycles. The van der Waals surface area contributed by atoms with Gasteiger partial charge in [-0.1, -0.05) is 57.7 Å². The van der Waals surface area contributed by atoms with Crippen LogP contribution in [0.1, 0.15) is 64.0 Å². The van der Waals surface area contributed by atoms with Gasteiger partial charge in [-0.2, -0.15) is 5.10 Å². The molecule has 1 aromatic carbocycles. The van der Waals surface area contributed by atoms with Crippen LogP contribution in [0, 0.1) is 0 Å². The summed E-state index contributed by atoms with van der Waals surface area (Å²) in [5.41, 5.74) is 2.57. The molecule has 0 spiro atoms. The summed E-state index contributed by atoms with van der Waals surface area (Å²) < 4.78 is 2.03. The van der Waals surface area contributed by atoms with E-state index in [4.69, 9.17) is 5.10 Å². The largest absolute Gasteiger partial charge is 0.268 e. The Morgan fingerprint density at radius 2 is 1.84 bits per heavy atom. The van der Waals surface area contributed by atoms with Crippen LogP contribution in [0.15, 0.2) is 24.3 Å². The Bertz CT molecular complexity index is 513. The molecule has 0 bridgehead atoms. The summed E-state index contributed by atoms with van der Waals surface area (Å²) in [6.45, 7) is 4.54. The third kappa shape index (κ3) is 3.17. The summed E-state index contributed by atoms with van der Waals surface area (Å²) in [6.07, 6.45) is 7.73. The first kappa shape index (κ1) is 14.1. The Labute approximate surface area is 116 Å². The highest BCUT2D eigenvalue weighted by Crippen LogP contribution is 2.31. The third-order valence-corrected chi connectivity index (χ3v) is 3.97. The van der Waals surface area contributed by atoms with Crippen LogP contribution in [0.3, 0.4) is 0 Å². The first-order valence-electron chi connectivity index (χ1n) is 7.69. The zero-order valence-electron chi connectivity index (χ0n) is 12.5.